The summed E-state index contributed by atoms with van der Waals surface area (Å²) in [6.07, 6.45) is 1.25. The minimum atomic E-state index is -1.79. The molecular weight excluding hydrogens is 567 g/mol. The zero-order valence-corrected chi connectivity index (χ0v) is 33.2. The smallest absolute Gasteiger partial charge is 0.136 e. The van der Waals surface area contributed by atoms with Crippen LogP contribution in [0, 0.1) is 5.41 Å². The van der Waals surface area contributed by atoms with Gasteiger partial charge in [-0.25, -0.2) is 0 Å². The van der Waals surface area contributed by atoms with Gasteiger partial charge in [-0.15, -0.1) is 0 Å². The summed E-state index contributed by atoms with van der Waals surface area (Å²) in [6.45, 7) is 37.7. The van der Waals surface area contributed by atoms with Crippen LogP contribution in [0.15, 0.2) is 78.9 Å². The van der Waals surface area contributed by atoms with E-state index in [-0.39, 0.29) is 20.5 Å². The molecule has 4 heteroatoms. The first kappa shape index (κ1) is 35.5. The number of hydrogen-bond donors (Lipinski definition) is 0. The molecule has 0 bridgehead atoms. The Morgan fingerprint density at radius 3 is 1.26 bits per heavy atom. The average molecular weight is 628 g/mol. The fourth-order valence-corrected chi connectivity index (χ4v) is 28.2. The lowest BCUT2D eigenvalue weighted by Gasteiger charge is -2.57. The van der Waals surface area contributed by atoms with Crippen LogP contribution in [-0.2, 0) is 10.8 Å². The van der Waals surface area contributed by atoms with Gasteiger partial charge in [-0.2, -0.15) is 0 Å². The Morgan fingerprint density at radius 2 is 0.953 bits per heavy atom. The highest BCUT2D eigenvalue weighted by Gasteiger charge is 2.58. The van der Waals surface area contributed by atoms with Gasteiger partial charge in [0, 0.05) is 11.4 Å². The summed E-state index contributed by atoms with van der Waals surface area (Å²) in [5.74, 6) is 0. The predicted octanol–water partition coefficient (Wildman–Crippen LogP) is 11.8. The second kappa shape index (κ2) is 12.4. The third-order valence-electron chi connectivity index (χ3n) is 9.05. The third kappa shape index (κ3) is 8.18. The first-order valence-electron chi connectivity index (χ1n) is 16.3. The number of hydrogen-bond acceptors (Lipinski definition) is 1. The summed E-state index contributed by atoms with van der Waals surface area (Å²) in [7, 11) is -4.96. The van der Waals surface area contributed by atoms with E-state index in [1.165, 1.54) is 34.5 Å². The van der Waals surface area contributed by atoms with Gasteiger partial charge in [-0.05, 0) is 67.9 Å². The average Bonchev–Trinajstić information content (AvgIpc) is 2.85. The largest absolute Gasteiger partial charge is 0.348 e. The maximum Gasteiger partial charge on any atom is 0.136 e. The van der Waals surface area contributed by atoms with Crippen molar-refractivity contribution in [2.24, 2.45) is 5.41 Å². The Kier molecular flexibility index (Phi) is 10.2. The number of para-hydroxylation sites is 2. The molecule has 43 heavy (non-hydrogen) atoms. The highest BCUT2D eigenvalue weighted by molar-refractivity contribution is 7.12. The molecule has 0 aliphatic carbocycles. The van der Waals surface area contributed by atoms with Gasteiger partial charge in [0.1, 0.15) is 8.57 Å². The third-order valence-corrected chi connectivity index (χ3v) is 27.7. The predicted molar refractivity (Wildman–Crippen MR) is 203 cm³/mol. The molecule has 0 fully saturated rings. The zero-order chi connectivity index (χ0) is 32.6. The van der Waals surface area contributed by atoms with Gasteiger partial charge in [-0.1, -0.05) is 162 Å². The first-order valence-corrected chi connectivity index (χ1v) is 24.8. The number of nitrogens with zero attached hydrogens (tertiary/aromatic N) is 1. The van der Waals surface area contributed by atoms with Crippen LogP contribution in [0.25, 0.3) is 0 Å². The summed E-state index contributed by atoms with van der Waals surface area (Å²) in [4.78, 5) is 0. The second-order valence-corrected chi connectivity index (χ2v) is 32.6. The van der Waals surface area contributed by atoms with E-state index in [0.29, 0.717) is 0 Å². The molecule has 3 aromatic rings. The molecule has 0 N–H and O–H groups in total. The molecule has 1 nitrogen and oxygen atoms in total. The molecular formula is C39H61NSi3. The summed E-state index contributed by atoms with van der Waals surface area (Å²) in [6, 6.07) is 30.1. The van der Waals surface area contributed by atoms with Crippen molar-refractivity contribution in [3.8, 4) is 0 Å². The van der Waals surface area contributed by atoms with Crippen molar-refractivity contribution in [2.75, 3.05) is 4.57 Å². The van der Waals surface area contributed by atoms with E-state index in [9.17, 15) is 0 Å². The van der Waals surface area contributed by atoms with Crippen LogP contribution in [0.4, 0.5) is 11.4 Å². The summed E-state index contributed by atoms with van der Waals surface area (Å²) in [5, 5.41) is 0. The molecule has 0 aliphatic rings. The van der Waals surface area contributed by atoms with Gasteiger partial charge in [-0.3, -0.25) is 0 Å². The molecule has 0 spiro atoms. The summed E-state index contributed by atoms with van der Waals surface area (Å²) in [5.41, 5.74) is 10.1. The fraction of sp³-hybridized carbons (Fsp3) is 0.513. The second-order valence-electron chi connectivity index (χ2n) is 18.0. The van der Waals surface area contributed by atoms with Crippen LogP contribution in [-0.4, -0.2) is 30.4 Å². The molecule has 0 aliphatic heterocycles. The van der Waals surface area contributed by atoms with Crippen LogP contribution < -0.4 is 4.57 Å². The standard InChI is InChI=1S/C39H61NSi3/c1-36(2,3)30-39(42(10,11)12,43(13,14)15)41(40(34-22-18-16-19-23-34)35-24-20-17-21-25-35)29-31-26-32(37(4,5)6)28-33(27-31)38(7,8)9/h16-29H,30H2,1-15H3/b41-29-. The van der Waals surface area contributed by atoms with E-state index in [1.54, 1.807) is 0 Å². The van der Waals surface area contributed by atoms with E-state index in [1.807, 2.05) is 0 Å². The van der Waals surface area contributed by atoms with Gasteiger partial charge in [0.15, 0.2) is 0 Å². The van der Waals surface area contributed by atoms with Crippen LogP contribution >= 0.6 is 0 Å². The van der Waals surface area contributed by atoms with E-state index < -0.39 is 24.7 Å². The number of benzene rings is 3. The lowest BCUT2D eigenvalue weighted by molar-refractivity contribution is 0.370. The van der Waals surface area contributed by atoms with Gasteiger partial charge in [0.2, 0.25) is 0 Å². The molecule has 0 amide bonds. The molecule has 234 valence electrons. The van der Waals surface area contributed by atoms with Crippen LogP contribution in [0.3, 0.4) is 0 Å². The van der Waals surface area contributed by atoms with Crippen molar-refractivity contribution in [3.63, 3.8) is 0 Å². The Hall–Kier alpha value is -2.02. The van der Waals surface area contributed by atoms with E-state index in [4.69, 9.17) is 0 Å². The molecule has 3 rings (SSSR count). The van der Waals surface area contributed by atoms with Gasteiger partial charge < -0.3 is 4.57 Å². The van der Waals surface area contributed by atoms with Crippen molar-refractivity contribution in [1.29, 1.82) is 0 Å². The minimum absolute atomic E-state index is 0.0787. The summed E-state index contributed by atoms with van der Waals surface area (Å²) < 4.78 is 3.07. The highest BCUT2D eigenvalue weighted by atomic mass is 28.4. The quantitative estimate of drug-likeness (QED) is 0.225. The Bertz CT molecular complexity index is 1300. The fourth-order valence-electron chi connectivity index (χ4n) is 7.03. The van der Waals surface area contributed by atoms with Gasteiger partial charge in [0.25, 0.3) is 0 Å². The zero-order valence-electron chi connectivity index (χ0n) is 30.2. The Balaban J connectivity index is 2.64. The minimum Gasteiger partial charge on any atom is -0.348 e. The molecule has 0 aromatic heterocycles. The van der Waals surface area contributed by atoms with Crippen molar-refractivity contribution < 1.29 is 0 Å². The number of rotatable bonds is 8. The lowest BCUT2D eigenvalue weighted by Crippen LogP contribution is -2.65. The van der Waals surface area contributed by atoms with Crippen molar-refractivity contribution >= 4 is 41.8 Å². The topological polar surface area (TPSA) is 3.24 Å². The maximum atomic E-state index is 2.81. The lowest BCUT2D eigenvalue weighted by atomic mass is 9.80. The normalized spacial score (nSPS) is 14.2. The molecule has 0 unspecified atom stereocenters. The molecule has 0 saturated carbocycles. The maximum absolute atomic E-state index is 2.81. The molecule has 0 saturated heterocycles. The van der Waals surface area contributed by atoms with Crippen LogP contribution in [0.1, 0.15) is 85.4 Å². The van der Waals surface area contributed by atoms with Gasteiger partial charge in [0.05, 0.1) is 16.1 Å². The number of anilines is 2. The van der Waals surface area contributed by atoms with Gasteiger partial charge >= 0.3 is 0 Å². The SMILES string of the molecule is CC(C)(C)CC(/[Si](=C/c1cc(C(C)(C)C)cc(C(C)(C)C)c1)N(c1ccccc1)c1ccccc1)([Si](C)(C)C)[Si](C)(C)C. The monoisotopic (exact) mass is 627 g/mol. The van der Waals surface area contributed by atoms with Crippen molar-refractivity contribution in [2.45, 2.75) is 123 Å². The highest BCUT2D eigenvalue weighted by Crippen LogP contribution is 2.56. The Morgan fingerprint density at radius 1 is 0.581 bits per heavy atom. The molecule has 0 atom stereocenters. The van der Waals surface area contributed by atoms with E-state index in [2.05, 4.69) is 191 Å². The van der Waals surface area contributed by atoms with E-state index >= 15 is 0 Å². The van der Waals surface area contributed by atoms with Crippen LogP contribution in [0.2, 0.25) is 43.6 Å². The Labute approximate surface area is 269 Å². The van der Waals surface area contributed by atoms with Crippen LogP contribution in [0.5, 0.6) is 0 Å². The summed E-state index contributed by atoms with van der Waals surface area (Å²) >= 11 is 0. The molecule has 0 radical (unpaired) electrons. The molecule has 3 aromatic carbocycles. The first-order chi connectivity index (χ1) is 19.5. The molecule has 0 heterocycles. The van der Waals surface area contributed by atoms with Crippen molar-refractivity contribution in [3.05, 3.63) is 95.6 Å². The van der Waals surface area contributed by atoms with E-state index in [0.717, 1.165) is 0 Å². The van der Waals surface area contributed by atoms with Crippen molar-refractivity contribution in [1.82, 2.24) is 0 Å².